The quantitative estimate of drug-likeness (QED) is 0.796. The first-order chi connectivity index (χ1) is 6.29. The van der Waals surface area contributed by atoms with Gasteiger partial charge >= 0.3 is 0 Å². The lowest BCUT2D eigenvalue weighted by Gasteiger charge is -2.35. The Hall–Kier alpha value is -0.640. The average molecular weight is 242 g/mol. The van der Waals surface area contributed by atoms with Gasteiger partial charge in [0.25, 0.3) is 0 Å². The fourth-order valence-electron chi connectivity index (χ4n) is 1.51. The van der Waals surface area contributed by atoms with Crippen molar-refractivity contribution in [3.05, 3.63) is 17.0 Å². The monoisotopic (exact) mass is 241 g/mol. The van der Waals surface area contributed by atoms with Gasteiger partial charge in [0.15, 0.2) is 0 Å². The van der Waals surface area contributed by atoms with Crippen LogP contribution in [-0.4, -0.2) is 23.1 Å². The molecule has 2 rings (SSSR count). The molecule has 0 atom stereocenters. The summed E-state index contributed by atoms with van der Waals surface area (Å²) in [6, 6.07) is 0.672. The maximum absolute atomic E-state index is 4.25. The number of hydrogen-bond acceptors (Lipinski definition) is 3. The molecule has 1 heterocycles. The first kappa shape index (κ1) is 8.94. The predicted molar refractivity (Wildman–Crippen MR) is 55.8 cm³/mol. The number of aromatic nitrogens is 2. The molecule has 0 bridgehead atoms. The molecule has 3 nitrogen and oxygen atoms in total. The van der Waals surface area contributed by atoms with Crippen LogP contribution >= 0.6 is 15.9 Å². The lowest BCUT2D eigenvalue weighted by Crippen LogP contribution is -2.37. The topological polar surface area (TPSA) is 29.0 Å². The summed E-state index contributed by atoms with van der Waals surface area (Å²) in [5.74, 6) is 1.000. The van der Waals surface area contributed by atoms with E-state index >= 15 is 0 Å². The first-order valence-electron chi connectivity index (χ1n) is 4.47. The van der Waals surface area contributed by atoms with Gasteiger partial charge in [-0.3, -0.25) is 0 Å². The maximum Gasteiger partial charge on any atom is 0.146 e. The summed E-state index contributed by atoms with van der Waals surface area (Å²) in [5.41, 5.74) is 0. The highest BCUT2D eigenvalue weighted by atomic mass is 79.9. The molecule has 0 N–H and O–H groups in total. The molecule has 1 aromatic heterocycles. The first-order valence-corrected chi connectivity index (χ1v) is 5.26. The maximum atomic E-state index is 4.25. The van der Waals surface area contributed by atoms with Gasteiger partial charge in [-0.05, 0) is 35.2 Å². The van der Waals surface area contributed by atoms with Gasteiger partial charge in [-0.1, -0.05) is 0 Å². The molecule has 1 saturated carbocycles. The van der Waals surface area contributed by atoms with Gasteiger partial charge < -0.3 is 4.90 Å². The number of nitrogens with zero attached hydrogens (tertiary/aromatic N) is 3. The van der Waals surface area contributed by atoms with E-state index in [0.29, 0.717) is 6.04 Å². The zero-order valence-corrected chi connectivity index (χ0v) is 9.16. The van der Waals surface area contributed by atoms with Crippen LogP contribution in [0, 0.1) is 0 Å². The second-order valence-corrected chi connectivity index (χ2v) is 4.24. The van der Waals surface area contributed by atoms with Gasteiger partial charge in [-0.2, -0.15) is 0 Å². The fourth-order valence-corrected chi connectivity index (χ4v) is 2.01. The van der Waals surface area contributed by atoms with Crippen molar-refractivity contribution in [2.45, 2.75) is 25.3 Å². The van der Waals surface area contributed by atoms with Crippen LogP contribution < -0.4 is 4.90 Å². The summed E-state index contributed by atoms with van der Waals surface area (Å²) in [6.07, 6.45) is 7.30. The van der Waals surface area contributed by atoms with Gasteiger partial charge in [-0.15, -0.1) is 0 Å². The highest BCUT2D eigenvalue weighted by molar-refractivity contribution is 9.10. The number of anilines is 1. The summed E-state index contributed by atoms with van der Waals surface area (Å²) < 4.78 is 0.976. The molecule has 0 unspecified atom stereocenters. The summed E-state index contributed by atoms with van der Waals surface area (Å²) in [4.78, 5) is 10.4. The largest absolute Gasteiger partial charge is 0.356 e. The van der Waals surface area contributed by atoms with Crippen LogP contribution in [0.2, 0.25) is 0 Å². The average Bonchev–Trinajstić information content (AvgIpc) is 2.01. The molecule has 4 heteroatoms. The summed E-state index contributed by atoms with van der Waals surface area (Å²) in [6.45, 7) is 0. The highest BCUT2D eigenvalue weighted by Crippen LogP contribution is 2.30. The van der Waals surface area contributed by atoms with Crippen LogP contribution in [0.15, 0.2) is 17.0 Å². The number of rotatable bonds is 2. The Bertz CT molecular complexity index is 299. The Morgan fingerprint density at radius 1 is 1.54 bits per heavy atom. The molecular formula is C9H12BrN3. The highest BCUT2D eigenvalue weighted by Gasteiger charge is 2.23. The van der Waals surface area contributed by atoms with Crippen LogP contribution in [0.25, 0.3) is 0 Å². The van der Waals surface area contributed by atoms with E-state index in [0.717, 1.165) is 10.3 Å². The Balaban J connectivity index is 2.18. The zero-order chi connectivity index (χ0) is 9.26. The van der Waals surface area contributed by atoms with E-state index in [1.807, 2.05) is 0 Å². The minimum absolute atomic E-state index is 0.672. The van der Waals surface area contributed by atoms with Gasteiger partial charge in [0.2, 0.25) is 0 Å². The van der Waals surface area contributed by atoms with Gasteiger partial charge in [0, 0.05) is 19.3 Å². The van der Waals surface area contributed by atoms with E-state index in [4.69, 9.17) is 0 Å². The Morgan fingerprint density at radius 2 is 2.31 bits per heavy atom. The standard InChI is InChI=1S/C9H12BrN3/c1-13(7-3-2-4-7)9-8(10)5-11-6-12-9/h5-7H,2-4H2,1H3. The van der Waals surface area contributed by atoms with Crippen LogP contribution in [0.5, 0.6) is 0 Å². The van der Waals surface area contributed by atoms with E-state index < -0.39 is 0 Å². The van der Waals surface area contributed by atoms with Crippen molar-refractivity contribution in [2.24, 2.45) is 0 Å². The van der Waals surface area contributed by atoms with Crippen molar-refractivity contribution in [1.82, 2.24) is 9.97 Å². The van der Waals surface area contributed by atoms with Crippen LogP contribution in [0.1, 0.15) is 19.3 Å². The normalized spacial score (nSPS) is 16.8. The van der Waals surface area contributed by atoms with Crippen LogP contribution in [0.4, 0.5) is 5.82 Å². The Morgan fingerprint density at radius 3 is 2.85 bits per heavy atom. The molecule has 0 amide bonds. The van der Waals surface area contributed by atoms with Crippen molar-refractivity contribution in [3.8, 4) is 0 Å². The van der Waals surface area contributed by atoms with Crippen molar-refractivity contribution >= 4 is 21.7 Å². The van der Waals surface area contributed by atoms with Crippen molar-refractivity contribution < 1.29 is 0 Å². The van der Waals surface area contributed by atoms with E-state index in [1.54, 1.807) is 12.5 Å². The second kappa shape index (κ2) is 3.62. The summed E-state index contributed by atoms with van der Waals surface area (Å²) in [5, 5.41) is 0. The lowest BCUT2D eigenvalue weighted by atomic mass is 9.92. The zero-order valence-electron chi connectivity index (χ0n) is 7.57. The number of hydrogen-bond donors (Lipinski definition) is 0. The molecule has 1 fully saturated rings. The molecule has 0 spiro atoms. The van der Waals surface area contributed by atoms with Crippen molar-refractivity contribution in [1.29, 1.82) is 0 Å². The van der Waals surface area contributed by atoms with Crippen LogP contribution in [-0.2, 0) is 0 Å². The van der Waals surface area contributed by atoms with E-state index in [1.165, 1.54) is 19.3 Å². The van der Waals surface area contributed by atoms with Gasteiger partial charge in [-0.25, -0.2) is 9.97 Å². The van der Waals surface area contributed by atoms with E-state index in [2.05, 4.69) is 37.8 Å². The molecule has 0 aromatic carbocycles. The fraction of sp³-hybridized carbons (Fsp3) is 0.556. The molecule has 0 radical (unpaired) electrons. The minimum Gasteiger partial charge on any atom is -0.356 e. The van der Waals surface area contributed by atoms with Crippen molar-refractivity contribution in [2.75, 3.05) is 11.9 Å². The molecule has 1 aromatic rings. The van der Waals surface area contributed by atoms with Gasteiger partial charge in [0.05, 0.1) is 4.47 Å². The van der Waals surface area contributed by atoms with Crippen LogP contribution in [0.3, 0.4) is 0 Å². The predicted octanol–water partition coefficient (Wildman–Crippen LogP) is 2.23. The molecule has 1 aliphatic carbocycles. The van der Waals surface area contributed by atoms with Gasteiger partial charge in [0.1, 0.15) is 12.1 Å². The Labute approximate surface area is 86.3 Å². The summed E-state index contributed by atoms with van der Waals surface area (Å²) >= 11 is 3.45. The lowest BCUT2D eigenvalue weighted by molar-refractivity contribution is 0.399. The minimum atomic E-state index is 0.672. The molecule has 13 heavy (non-hydrogen) atoms. The third-order valence-corrected chi connectivity index (χ3v) is 3.16. The van der Waals surface area contributed by atoms with E-state index in [-0.39, 0.29) is 0 Å². The SMILES string of the molecule is CN(c1ncncc1Br)C1CCC1. The summed E-state index contributed by atoms with van der Waals surface area (Å²) in [7, 11) is 2.09. The third-order valence-electron chi connectivity index (χ3n) is 2.60. The Kier molecular flexibility index (Phi) is 2.49. The molecule has 1 aliphatic rings. The molecule has 0 aliphatic heterocycles. The van der Waals surface area contributed by atoms with E-state index in [9.17, 15) is 0 Å². The smallest absolute Gasteiger partial charge is 0.146 e. The molecule has 0 saturated heterocycles. The second-order valence-electron chi connectivity index (χ2n) is 3.39. The molecule has 70 valence electrons. The number of halogens is 1. The molecular weight excluding hydrogens is 230 g/mol. The van der Waals surface area contributed by atoms with Crippen molar-refractivity contribution in [3.63, 3.8) is 0 Å². The third kappa shape index (κ3) is 1.68.